The van der Waals surface area contributed by atoms with Gasteiger partial charge in [-0.25, -0.2) is 9.97 Å². The number of hydrogen-bond acceptors (Lipinski definition) is 5. The lowest BCUT2D eigenvalue weighted by molar-refractivity contribution is -0.137. The summed E-state index contributed by atoms with van der Waals surface area (Å²) < 4.78 is 0. The molecule has 0 aliphatic heterocycles. The third kappa shape index (κ3) is 2.33. The van der Waals surface area contributed by atoms with Crippen LogP contribution in [0, 0.1) is 0 Å². The number of rotatable bonds is 3. The van der Waals surface area contributed by atoms with Gasteiger partial charge in [-0.1, -0.05) is 0 Å². The average Bonchev–Trinajstić information content (AvgIpc) is 2.76. The maximum atomic E-state index is 11.0. The van der Waals surface area contributed by atoms with E-state index in [1.54, 1.807) is 18.3 Å². The Labute approximate surface area is 125 Å². The lowest BCUT2D eigenvalue weighted by Crippen LogP contribution is -2.26. The summed E-state index contributed by atoms with van der Waals surface area (Å²) >= 11 is 7.59. The number of halogens is 1. The first kappa shape index (κ1) is 13.6. The van der Waals surface area contributed by atoms with Gasteiger partial charge >= 0.3 is 5.97 Å². The molecule has 0 aromatic carbocycles. The van der Waals surface area contributed by atoms with Crippen LogP contribution < -0.4 is 5.32 Å². The van der Waals surface area contributed by atoms with Crippen LogP contribution in [0.15, 0.2) is 0 Å². The molecule has 2 heterocycles. The van der Waals surface area contributed by atoms with E-state index in [2.05, 4.69) is 15.3 Å². The maximum Gasteiger partial charge on any atom is 0.325 e. The molecule has 20 heavy (non-hydrogen) atoms. The minimum atomic E-state index is -0.919. The molecule has 2 aromatic heterocycles. The van der Waals surface area contributed by atoms with Crippen LogP contribution in [0.4, 0.5) is 5.82 Å². The molecule has 0 fully saturated rings. The minimum absolute atomic E-state index is 0.149. The summed E-state index contributed by atoms with van der Waals surface area (Å²) in [6, 6.07) is -0.719. The Morgan fingerprint density at radius 1 is 1.40 bits per heavy atom. The molecule has 7 heteroatoms. The first-order valence-corrected chi connectivity index (χ1v) is 7.73. The number of nitrogens with zero attached hydrogens (tertiary/aromatic N) is 2. The van der Waals surface area contributed by atoms with E-state index >= 15 is 0 Å². The van der Waals surface area contributed by atoms with Crippen molar-refractivity contribution in [2.75, 3.05) is 5.32 Å². The van der Waals surface area contributed by atoms with Gasteiger partial charge in [-0.3, -0.25) is 4.79 Å². The molecule has 0 saturated carbocycles. The normalized spacial score (nSPS) is 15.9. The van der Waals surface area contributed by atoms with Gasteiger partial charge in [0.15, 0.2) is 0 Å². The predicted octanol–water partition coefficient (Wildman–Crippen LogP) is 3.11. The van der Waals surface area contributed by atoms with E-state index in [1.807, 2.05) is 0 Å². The smallest absolute Gasteiger partial charge is 0.325 e. The van der Waals surface area contributed by atoms with E-state index in [4.69, 9.17) is 16.7 Å². The highest BCUT2D eigenvalue weighted by atomic mass is 35.5. The van der Waals surface area contributed by atoms with Gasteiger partial charge in [0.1, 0.15) is 16.7 Å². The van der Waals surface area contributed by atoms with Crippen molar-refractivity contribution in [3.63, 3.8) is 0 Å². The van der Waals surface area contributed by atoms with Gasteiger partial charge in [-0.2, -0.15) is 0 Å². The van der Waals surface area contributed by atoms with Gasteiger partial charge in [0.25, 0.3) is 0 Å². The number of hydrogen-bond donors (Lipinski definition) is 2. The lowest BCUT2D eigenvalue weighted by atomic mass is 9.97. The SMILES string of the molecule is CC(Nc1nc(Cl)nc2sc3c(c12)CCCC3)C(=O)O. The number of thiophene rings is 1. The Morgan fingerprint density at radius 2 is 2.15 bits per heavy atom. The second-order valence-electron chi connectivity index (χ2n) is 4.94. The van der Waals surface area contributed by atoms with Crippen LogP contribution in [0.2, 0.25) is 5.28 Å². The molecule has 5 nitrogen and oxygen atoms in total. The molecular weight excluding hydrogens is 298 g/mol. The number of aromatic nitrogens is 2. The summed E-state index contributed by atoms with van der Waals surface area (Å²) in [5.41, 5.74) is 1.26. The van der Waals surface area contributed by atoms with Gasteiger partial charge in [0, 0.05) is 4.88 Å². The molecule has 2 aromatic rings. The first-order valence-electron chi connectivity index (χ1n) is 6.53. The van der Waals surface area contributed by atoms with E-state index in [-0.39, 0.29) is 5.28 Å². The molecule has 106 valence electrons. The summed E-state index contributed by atoms with van der Waals surface area (Å²) in [6.45, 7) is 1.59. The number of anilines is 1. The van der Waals surface area contributed by atoms with Crippen molar-refractivity contribution >= 4 is 44.9 Å². The zero-order valence-corrected chi connectivity index (χ0v) is 12.5. The largest absolute Gasteiger partial charge is 0.480 e. The van der Waals surface area contributed by atoms with Crippen molar-refractivity contribution in [1.29, 1.82) is 0 Å². The molecule has 0 bridgehead atoms. The molecule has 1 unspecified atom stereocenters. The Hall–Kier alpha value is -1.40. The van der Waals surface area contributed by atoms with Gasteiger partial charge in [-0.05, 0) is 49.8 Å². The van der Waals surface area contributed by atoms with Crippen LogP contribution in [0.3, 0.4) is 0 Å². The monoisotopic (exact) mass is 311 g/mol. The van der Waals surface area contributed by atoms with Crippen LogP contribution in [-0.4, -0.2) is 27.1 Å². The van der Waals surface area contributed by atoms with Crippen molar-refractivity contribution in [2.24, 2.45) is 0 Å². The molecule has 0 amide bonds. The Kier molecular flexibility index (Phi) is 3.52. The molecule has 1 atom stereocenters. The molecule has 3 rings (SSSR count). The average molecular weight is 312 g/mol. The van der Waals surface area contributed by atoms with E-state index < -0.39 is 12.0 Å². The Bertz CT molecular complexity index is 686. The molecule has 1 aliphatic carbocycles. The van der Waals surface area contributed by atoms with Gasteiger partial charge < -0.3 is 10.4 Å². The number of fused-ring (bicyclic) bond motifs is 3. The summed E-state index contributed by atoms with van der Waals surface area (Å²) in [4.78, 5) is 21.7. The Morgan fingerprint density at radius 3 is 2.90 bits per heavy atom. The molecule has 0 spiro atoms. The van der Waals surface area contributed by atoms with Crippen LogP contribution in [0.25, 0.3) is 10.2 Å². The number of carboxylic acid groups (broad SMARTS) is 1. The third-order valence-electron chi connectivity index (χ3n) is 3.51. The van der Waals surface area contributed by atoms with Crippen LogP contribution in [-0.2, 0) is 17.6 Å². The summed E-state index contributed by atoms with van der Waals surface area (Å²) in [5.74, 6) is -0.383. The highest BCUT2D eigenvalue weighted by Gasteiger charge is 2.22. The number of carbonyl (C=O) groups is 1. The fourth-order valence-electron chi connectivity index (χ4n) is 2.50. The van der Waals surface area contributed by atoms with Crippen molar-refractivity contribution in [2.45, 2.75) is 38.6 Å². The summed E-state index contributed by atoms with van der Waals surface area (Å²) in [7, 11) is 0. The molecule has 2 N–H and O–H groups in total. The van der Waals surface area contributed by atoms with E-state index in [9.17, 15) is 4.79 Å². The van der Waals surface area contributed by atoms with E-state index in [0.29, 0.717) is 5.82 Å². The van der Waals surface area contributed by atoms with Gasteiger partial charge in [0.05, 0.1) is 5.39 Å². The van der Waals surface area contributed by atoms with Crippen LogP contribution >= 0.6 is 22.9 Å². The number of nitrogens with one attached hydrogen (secondary N) is 1. The first-order chi connectivity index (χ1) is 9.56. The van der Waals surface area contributed by atoms with E-state index in [1.165, 1.54) is 16.9 Å². The van der Waals surface area contributed by atoms with Crippen LogP contribution in [0.1, 0.15) is 30.2 Å². The van der Waals surface area contributed by atoms with Crippen molar-refractivity contribution in [3.8, 4) is 0 Å². The molecule has 0 saturated heterocycles. The number of carboxylic acids is 1. The fraction of sp³-hybridized carbons (Fsp3) is 0.462. The van der Waals surface area contributed by atoms with Gasteiger partial charge in [-0.15, -0.1) is 11.3 Å². The Balaban J connectivity index is 2.14. The highest BCUT2D eigenvalue weighted by Crippen LogP contribution is 2.39. The minimum Gasteiger partial charge on any atom is -0.480 e. The predicted molar refractivity (Wildman–Crippen MR) is 79.8 cm³/mol. The van der Waals surface area contributed by atoms with Crippen molar-refractivity contribution in [1.82, 2.24) is 9.97 Å². The summed E-state index contributed by atoms with van der Waals surface area (Å²) in [5, 5.41) is 13.1. The quantitative estimate of drug-likeness (QED) is 0.852. The lowest BCUT2D eigenvalue weighted by Gasteiger charge is -2.14. The zero-order chi connectivity index (χ0) is 14.3. The van der Waals surface area contributed by atoms with Crippen LogP contribution in [0.5, 0.6) is 0 Å². The van der Waals surface area contributed by atoms with Crippen molar-refractivity contribution < 1.29 is 9.90 Å². The molecule has 0 radical (unpaired) electrons. The van der Waals surface area contributed by atoms with Gasteiger partial charge in [0.2, 0.25) is 5.28 Å². The fourth-order valence-corrected chi connectivity index (χ4v) is 3.98. The second kappa shape index (κ2) is 5.18. The van der Waals surface area contributed by atoms with E-state index in [0.717, 1.165) is 29.5 Å². The molecule has 1 aliphatic rings. The second-order valence-corrected chi connectivity index (χ2v) is 6.36. The standard InChI is InChI=1S/C13H14ClN3O2S/c1-6(12(18)19)15-10-9-7-4-2-3-5-8(7)20-11(9)17-13(14)16-10/h6H,2-5H2,1H3,(H,18,19)(H,15,16,17). The maximum absolute atomic E-state index is 11.0. The summed E-state index contributed by atoms with van der Waals surface area (Å²) in [6.07, 6.45) is 4.39. The van der Waals surface area contributed by atoms with Crippen molar-refractivity contribution in [3.05, 3.63) is 15.7 Å². The zero-order valence-electron chi connectivity index (χ0n) is 10.9. The topological polar surface area (TPSA) is 75.1 Å². The third-order valence-corrected chi connectivity index (χ3v) is 4.87. The number of aliphatic carboxylic acids is 1. The molecular formula is C13H14ClN3O2S. The highest BCUT2D eigenvalue weighted by molar-refractivity contribution is 7.19. The number of aryl methyl sites for hydroxylation is 2.